The van der Waals surface area contributed by atoms with Crippen LogP contribution in [0.2, 0.25) is 0 Å². The molecule has 26 heavy (non-hydrogen) atoms. The van der Waals surface area contributed by atoms with Gasteiger partial charge in [-0.3, -0.25) is 4.79 Å². The van der Waals surface area contributed by atoms with Crippen LogP contribution in [-0.4, -0.2) is 12.0 Å². The normalized spacial score (nSPS) is 16.1. The molecule has 0 saturated carbocycles. The van der Waals surface area contributed by atoms with Gasteiger partial charge in [0.15, 0.2) is 6.10 Å². The lowest BCUT2D eigenvalue weighted by atomic mass is 9.93. The number of benzene rings is 3. The second-order valence-corrected chi connectivity index (χ2v) is 6.89. The molecular formula is C23H23NO2. The summed E-state index contributed by atoms with van der Waals surface area (Å²) in [5.74, 6) is 0.645. The largest absolute Gasteiger partial charge is 0.480 e. The zero-order valence-electron chi connectivity index (χ0n) is 15.2. The molecule has 3 heteroatoms. The van der Waals surface area contributed by atoms with Crippen molar-refractivity contribution in [3.63, 3.8) is 0 Å². The van der Waals surface area contributed by atoms with Gasteiger partial charge in [-0.2, -0.15) is 0 Å². The molecule has 3 nitrogen and oxygen atoms in total. The fourth-order valence-electron chi connectivity index (χ4n) is 3.55. The van der Waals surface area contributed by atoms with Crippen LogP contribution in [0.4, 0.5) is 5.69 Å². The van der Waals surface area contributed by atoms with Crippen LogP contribution in [-0.2, 0) is 11.2 Å². The predicted molar refractivity (Wildman–Crippen MR) is 107 cm³/mol. The van der Waals surface area contributed by atoms with Crippen LogP contribution in [0, 0.1) is 0 Å². The first kappa shape index (κ1) is 16.6. The molecule has 1 aliphatic rings. The van der Waals surface area contributed by atoms with E-state index < -0.39 is 6.10 Å². The Morgan fingerprint density at radius 3 is 2.77 bits per heavy atom. The number of hydrogen-bond acceptors (Lipinski definition) is 2. The quantitative estimate of drug-likeness (QED) is 0.674. The summed E-state index contributed by atoms with van der Waals surface area (Å²) in [6.07, 6.45) is 2.81. The minimum Gasteiger partial charge on any atom is -0.480 e. The van der Waals surface area contributed by atoms with Gasteiger partial charge in [0.2, 0.25) is 0 Å². The number of fused-ring (bicyclic) bond motifs is 5. The lowest BCUT2D eigenvalue weighted by Crippen LogP contribution is -2.31. The molecule has 0 aromatic heterocycles. The summed E-state index contributed by atoms with van der Waals surface area (Å²) in [6, 6.07) is 18.7. The number of nitrogens with one attached hydrogen (secondary N) is 1. The molecule has 1 amide bonds. The van der Waals surface area contributed by atoms with Crippen molar-refractivity contribution in [1.82, 2.24) is 0 Å². The summed E-state index contributed by atoms with van der Waals surface area (Å²) in [6.45, 7) is 3.99. The van der Waals surface area contributed by atoms with Crippen molar-refractivity contribution in [3.8, 4) is 16.9 Å². The van der Waals surface area contributed by atoms with Gasteiger partial charge in [-0.25, -0.2) is 0 Å². The molecule has 4 rings (SSSR count). The Morgan fingerprint density at radius 1 is 1.08 bits per heavy atom. The van der Waals surface area contributed by atoms with Crippen LogP contribution in [0.25, 0.3) is 21.9 Å². The number of hydrogen-bond donors (Lipinski definition) is 1. The van der Waals surface area contributed by atoms with Crippen LogP contribution in [0.3, 0.4) is 0 Å². The Balaban J connectivity index is 1.98. The number of amides is 1. The standard InChI is InChI=1S/C23H23NO2/c1-3-4-7-16-10-12-20-19(14-16)22-18-9-6-5-8-17(18)11-13-21(22)26-15(2)23(25)24-20/h5-6,8-15H,3-4,7H2,1-2H3,(H,24,25)/t15-/m0/s1. The van der Waals surface area contributed by atoms with Crippen molar-refractivity contribution in [2.24, 2.45) is 0 Å². The van der Waals surface area contributed by atoms with Gasteiger partial charge >= 0.3 is 0 Å². The lowest BCUT2D eigenvalue weighted by molar-refractivity contribution is -0.122. The first-order valence-electron chi connectivity index (χ1n) is 9.30. The average molecular weight is 345 g/mol. The van der Waals surface area contributed by atoms with Crippen molar-refractivity contribution in [3.05, 3.63) is 60.2 Å². The Hall–Kier alpha value is -2.81. The van der Waals surface area contributed by atoms with Gasteiger partial charge in [0, 0.05) is 16.8 Å². The van der Waals surface area contributed by atoms with Crippen molar-refractivity contribution in [1.29, 1.82) is 0 Å². The highest BCUT2D eigenvalue weighted by Crippen LogP contribution is 2.42. The Bertz CT molecular complexity index is 977. The smallest absolute Gasteiger partial charge is 0.265 e. The highest BCUT2D eigenvalue weighted by atomic mass is 16.5. The molecule has 0 radical (unpaired) electrons. The number of aryl methyl sites for hydroxylation is 1. The van der Waals surface area contributed by atoms with E-state index in [0.717, 1.165) is 47.2 Å². The van der Waals surface area contributed by atoms with E-state index in [1.807, 2.05) is 24.3 Å². The van der Waals surface area contributed by atoms with Gasteiger partial charge < -0.3 is 10.1 Å². The number of anilines is 1. The first-order chi connectivity index (χ1) is 12.7. The third-order valence-electron chi connectivity index (χ3n) is 4.99. The second-order valence-electron chi connectivity index (χ2n) is 6.89. The number of unbranched alkanes of at least 4 members (excludes halogenated alkanes) is 1. The molecule has 3 aromatic rings. The molecule has 0 spiro atoms. The van der Waals surface area contributed by atoms with Gasteiger partial charge in [0.05, 0.1) is 0 Å². The molecular weight excluding hydrogens is 322 g/mol. The van der Waals surface area contributed by atoms with Crippen LogP contribution in [0.15, 0.2) is 54.6 Å². The highest BCUT2D eigenvalue weighted by molar-refractivity contribution is 6.07. The van der Waals surface area contributed by atoms with Gasteiger partial charge in [-0.1, -0.05) is 49.7 Å². The van der Waals surface area contributed by atoms with Gasteiger partial charge in [-0.15, -0.1) is 0 Å². The Morgan fingerprint density at radius 2 is 1.92 bits per heavy atom. The van der Waals surface area contributed by atoms with Crippen LogP contribution in [0.1, 0.15) is 32.3 Å². The average Bonchev–Trinajstić information content (AvgIpc) is 2.66. The van der Waals surface area contributed by atoms with Gasteiger partial charge in [0.25, 0.3) is 5.91 Å². The summed E-state index contributed by atoms with van der Waals surface area (Å²) in [5, 5.41) is 5.34. The third kappa shape index (κ3) is 2.94. The zero-order valence-corrected chi connectivity index (χ0v) is 15.2. The number of carbonyl (C=O) groups is 1. The predicted octanol–water partition coefficient (Wildman–Crippen LogP) is 5.57. The van der Waals surface area contributed by atoms with Crippen molar-refractivity contribution >= 4 is 22.4 Å². The van der Waals surface area contributed by atoms with E-state index in [1.54, 1.807) is 6.92 Å². The lowest BCUT2D eigenvalue weighted by Gasteiger charge is -2.24. The van der Waals surface area contributed by atoms with E-state index in [2.05, 4.69) is 42.6 Å². The SMILES string of the molecule is CCCCc1ccc2c(c1)-c1c(ccc3ccccc13)O[C@@H](C)C(=O)N2. The number of carbonyl (C=O) groups excluding carboxylic acids is 1. The number of rotatable bonds is 3. The minimum atomic E-state index is -0.539. The maximum Gasteiger partial charge on any atom is 0.265 e. The molecule has 3 aromatic carbocycles. The summed E-state index contributed by atoms with van der Waals surface area (Å²) >= 11 is 0. The fraction of sp³-hybridized carbons (Fsp3) is 0.261. The molecule has 0 fully saturated rings. The van der Waals surface area contributed by atoms with E-state index in [1.165, 1.54) is 10.9 Å². The summed E-state index contributed by atoms with van der Waals surface area (Å²) < 4.78 is 6.02. The van der Waals surface area contributed by atoms with Crippen molar-refractivity contribution < 1.29 is 9.53 Å². The molecule has 1 atom stereocenters. The molecule has 1 aliphatic heterocycles. The first-order valence-corrected chi connectivity index (χ1v) is 9.30. The number of ether oxygens (including phenoxy) is 1. The van der Waals surface area contributed by atoms with Crippen molar-refractivity contribution in [2.75, 3.05) is 5.32 Å². The van der Waals surface area contributed by atoms with E-state index in [9.17, 15) is 4.79 Å². The Labute approximate surface area is 154 Å². The van der Waals surface area contributed by atoms with E-state index >= 15 is 0 Å². The van der Waals surface area contributed by atoms with Crippen LogP contribution in [0.5, 0.6) is 5.75 Å². The maximum absolute atomic E-state index is 12.4. The van der Waals surface area contributed by atoms with Gasteiger partial charge in [0.1, 0.15) is 5.75 Å². The van der Waals surface area contributed by atoms with E-state index in [4.69, 9.17) is 4.74 Å². The fourth-order valence-corrected chi connectivity index (χ4v) is 3.55. The second kappa shape index (κ2) is 6.83. The molecule has 0 aliphatic carbocycles. The Kier molecular flexibility index (Phi) is 4.37. The molecule has 1 heterocycles. The molecule has 132 valence electrons. The summed E-state index contributed by atoms with van der Waals surface area (Å²) in [5.41, 5.74) is 4.23. The molecule has 0 bridgehead atoms. The maximum atomic E-state index is 12.4. The topological polar surface area (TPSA) is 38.3 Å². The molecule has 0 saturated heterocycles. The van der Waals surface area contributed by atoms with Crippen LogP contribution >= 0.6 is 0 Å². The zero-order chi connectivity index (χ0) is 18.1. The van der Waals surface area contributed by atoms with Crippen LogP contribution < -0.4 is 10.1 Å². The van der Waals surface area contributed by atoms with E-state index in [0.29, 0.717) is 0 Å². The van der Waals surface area contributed by atoms with Crippen molar-refractivity contribution in [2.45, 2.75) is 39.2 Å². The third-order valence-corrected chi connectivity index (χ3v) is 4.99. The molecule has 0 unspecified atom stereocenters. The molecule has 1 N–H and O–H groups in total. The summed E-state index contributed by atoms with van der Waals surface area (Å²) in [4.78, 5) is 12.4. The van der Waals surface area contributed by atoms with E-state index in [-0.39, 0.29) is 5.91 Å². The minimum absolute atomic E-state index is 0.119. The summed E-state index contributed by atoms with van der Waals surface area (Å²) in [7, 11) is 0. The van der Waals surface area contributed by atoms with Gasteiger partial charge in [-0.05, 0) is 54.3 Å². The monoisotopic (exact) mass is 345 g/mol. The highest BCUT2D eigenvalue weighted by Gasteiger charge is 2.24.